The first-order chi connectivity index (χ1) is 9.52. The van der Waals surface area contributed by atoms with E-state index < -0.39 is 0 Å². The van der Waals surface area contributed by atoms with Crippen molar-refractivity contribution < 1.29 is 9.18 Å². The summed E-state index contributed by atoms with van der Waals surface area (Å²) in [6.07, 6.45) is 2.12. The van der Waals surface area contributed by atoms with Gasteiger partial charge in [-0.15, -0.1) is 0 Å². The molecule has 0 spiro atoms. The highest BCUT2D eigenvalue weighted by molar-refractivity contribution is 5.72. The Morgan fingerprint density at radius 2 is 2.10 bits per heavy atom. The first-order valence-electron chi connectivity index (χ1n) is 7.04. The van der Waals surface area contributed by atoms with E-state index in [0.717, 1.165) is 44.6 Å². The highest BCUT2D eigenvalue weighted by atomic mass is 19.1. The number of benzene rings is 1. The lowest BCUT2D eigenvalue weighted by atomic mass is 9.96. The van der Waals surface area contributed by atoms with Crippen molar-refractivity contribution in [1.29, 1.82) is 0 Å². The number of nitrogens with one attached hydrogen (secondary N) is 1. The molecule has 4 nitrogen and oxygen atoms in total. The number of carbonyl (C=O) groups is 1. The lowest BCUT2D eigenvalue weighted by Crippen LogP contribution is -2.37. The molecule has 20 heavy (non-hydrogen) atoms. The van der Waals surface area contributed by atoms with Crippen molar-refractivity contribution in [3.8, 4) is 0 Å². The van der Waals surface area contributed by atoms with Crippen LogP contribution in [-0.4, -0.2) is 30.4 Å². The molecule has 0 radical (unpaired) electrons. The first kappa shape index (κ1) is 14.8. The molecular weight excluding hydrogens is 257 g/mol. The van der Waals surface area contributed by atoms with Crippen LogP contribution in [0.3, 0.4) is 0 Å². The minimum atomic E-state index is -0.277. The summed E-state index contributed by atoms with van der Waals surface area (Å²) in [4.78, 5) is 13.2. The monoisotopic (exact) mass is 279 g/mol. The van der Waals surface area contributed by atoms with E-state index in [1.54, 1.807) is 13.0 Å². The van der Waals surface area contributed by atoms with Gasteiger partial charge in [-0.1, -0.05) is 0 Å². The fourth-order valence-electron chi connectivity index (χ4n) is 2.66. The van der Waals surface area contributed by atoms with Gasteiger partial charge in [-0.3, -0.25) is 9.69 Å². The number of hydrogen-bond donors (Lipinski definition) is 2. The Morgan fingerprint density at radius 3 is 2.70 bits per heavy atom. The molecule has 1 heterocycles. The largest absolute Gasteiger partial charge is 0.399 e. The quantitative estimate of drug-likeness (QED) is 0.826. The number of anilines is 1. The first-order valence-corrected chi connectivity index (χ1v) is 7.04. The number of likely N-dealkylation sites (tertiary alicyclic amines) is 1. The summed E-state index contributed by atoms with van der Waals surface area (Å²) in [6, 6.07) is 4.70. The number of rotatable bonds is 4. The molecule has 3 N–H and O–H groups in total. The maximum atomic E-state index is 13.3. The van der Waals surface area contributed by atoms with Crippen LogP contribution in [0.2, 0.25) is 0 Å². The minimum absolute atomic E-state index is 0.0302. The molecule has 110 valence electrons. The Bertz CT molecular complexity index is 450. The molecule has 0 aromatic heterocycles. The van der Waals surface area contributed by atoms with Crippen LogP contribution in [0.25, 0.3) is 0 Å². The predicted octanol–water partition coefficient (Wildman–Crippen LogP) is 1.76. The average Bonchev–Trinajstić information content (AvgIpc) is 2.36. The summed E-state index contributed by atoms with van der Waals surface area (Å²) >= 11 is 0. The fraction of sp³-hybridized carbons (Fsp3) is 0.533. The van der Waals surface area contributed by atoms with Crippen LogP contribution in [0.1, 0.15) is 25.3 Å². The predicted molar refractivity (Wildman–Crippen MR) is 77.5 cm³/mol. The summed E-state index contributed by atoms with van der Waals surface area (Å²) in [6.45, 7) is 4.98. The summed E-state index contributed by atoms with van der Waals surface area (Å²) in [7, 11) is 0. The second-order valence-corrected chi connectivity index (χ2v) is 5.55. The molecule has 0 saturated carbocycles. The molecule has 1 saturated heterocycles. The van der Waals surface area contributed by atoms with Gasteiger partial charge in [0.15, 0.2) is 0 Å². The number of piperidine rings is 1. The van der Waals surface area contributed by atoms with Crippen molar-refractivity contribution in [1.82, 2.24) is 10.2 Å². The molecule has 1 aromatic rings. The molecule has 1 aromatic carbocycles. The minimum Gasteiger partial charge on any atom is -0.399 e. The lowest BCUT2D eigenvalue weighted by Gasteiger charge is -2.32. The van der Waals surface area contributed by atoms with Crippen molar-refractivity contribution in [3.05, 3.63) is 29.6 Å². The van der Waals surface area contributed by atoms with Gasteiger partial charge in [0, 0.05) is 25.7 Å². The van der Waals surface area contributed by atoms with Crippen molar-refractivity contribution in [2.45, 2.75) is 26.3 Å². The van der Waals surface area contributed by atoms with Gasteiger partial charge in [-0.2, -0.15) is 0 Å². The van der Waals surface area contributed by atoms with Gasteiger partial charge in [0.05, 0.1) is 0 Å². The van der Waals surface area contributed by atoms with Gasteiger partial charge in [0.1, 0.15) is 5.82 Å². The van der Waals surface area contributed by atoms with Gasteiger partial charge < -0.3 is 11.1 Å². The summed E-state index contributed by atoms with van der Waals surface area (Å²) < 4.78 is 13.3. The molecule has 0 aliphatic carbocycles. The van der Waals surface area contributed by atoms with E-state index in [1.165, 1.54) is 6.07 Å². The summed E-state index contributed by atoms with van der Waals surface area (Å²) in [5, 5.41) is 2.87. The van der Waals surface area contributed by atoms with E-state index >= 15 is 0 Å². The van der Waals surface area contributed by atoms with Crippen LogP contribution in [-0.2, 0) is 11.3 Å². The number of nitrogens with zero attached hydrogens (tertiary/aromatic N) is 1. The highest BCUT2D eigenvalue weighted by Crippen LogP contribution is 2.19. The van der Waals surface area contributed by atoms with Crippen molar-refractivity contribution in [3.63, 3.8) is 0 Å². The summed E-state index contributed by atoms with van der Waals surface area (Å²) in [5.41, 5.74) is 7.05. The third-order valence-electron chi connectivity index (χ3n) is 3.73. The molecule has 2 rings (SSSR count). The second kappa shape index (κ2) is 6.70. The third-order valence-corrected chi connectivity index (χ3v) is 3.73. The zero-order valence-electron chi connectivity index (χ0n) is 11.9. The van der Waals surface area contributed by atoms with Crippen LogP contribution < -0.4 is 11.1 Å². The molecular formula is C15H22FN3O. The molecule has 1 fully saturated rings. The maximum absolute atomic E-state index is 13.3. The number of amides is 1. The zero-order chi connectivity index (χ0) is 14.5. The Kier molecular flexibility index (Phi) is 4.95. The number of halogens is 1. The van der Waals surface area contributed by atoms with Gasteiger partial charge in [-0.25, -0.2) is 4.39 Å². The van der Waals surface area contributed by atoms with Crippen molar-refractivity contribution >= 4 is 11.6 Å². The summed E-state index contributed by atoms with van der Waals surface area (Å²) in [5.74, 6) is 0.302. The van der Waals surface area contributed by atoms with Crippen LogP contribution >= 0.6 is 0 Å². The van der Waals surface area contributed by atoms with E-state index in [-0.39, 0.29) is 11.7 Å². The van der Waals surface area contributed by atoms with Gasteiger partial charge in [-0.05, 0) is 55.6 Å². The number of hydrogen-bond acceptors (Lipinski definition) is 3. The molecule has 0 unspecified atom stereocenters. The smallest absolute Gasteiger partial charge is 0.216 e. The number of nitrogens with two attached hydrogens (primary N) is 1. The van der Waals surface area contributed by atoms with Crippen LogP contribution in [0.15, 0.2) is 18.2 Å². The molecule has 0 bridgehead atoms. The van der Waals surface area contributed by atoms with Gasteiger partial charge in [0.2, 0.25) is 5.91 Å². The van der Waals surface area contributed by atoms with Crippen LogP contribution in [0, 0.1) is 11.7 Å². The fourth-order valence-corrected chi connectivity index (χ4v) is 2.66. The molecule has 5 heteroatoms. The molecule has 1 aliphatic rings. The Morgan fingerprint density at radius 1 is 1.40 bits per heavy atom. The van der Waals surface area contributed by atoms with Crippen molar-refractivity contribution in [2.24, 2.45) is 5.92 Å². The van der Waals surface area contributed by atoms with E-state index in [4.69, 9.17) is 5.73 Å². The van der Waals surface area contributed by atoms with E-state index in [2.05, 4.69) is 10.2 Å². The maximum Gasteiger partial charge on any atom is 0.216 e. The SMILES string of the molecule is CC(=O)NCC1CCN(Cc2cc(N)cc(F)c2)CC1. The molecule has 1 amide bonds. The molecule has 1 aliphatic heterocycles. The van der Waals surface area contributed by atoms with E-state index in [1.807, 2.05) is 6.07 Å². The van der Waals surface area contributed by atoms with Gasteiger partial charge in [0.25, 0.3) is 0 Å². The van der Waals surface area contributed by atoms with E-state index in [0.29, 0.717) is 11.6 Å². The van der Waals surface area contributed by atoms with Gasteiger partial charge >= 0.3 is 0 Å². The Balaban J connectivity index is 1.80. The Labute approximate surface area is 119 Å². The second-order valence-electron chi connectivity index (χ2n) is 5.55. The number of carbonyl (C=O) groups excluding carboxylic acids is 1. The van der Waals surface area contributed by atoms with Crippen LogP contribution in [0.5, 0.6) is 0 Å². The third kappa shape index (κ3) is 4.49. The van der Waals surface area contributed by atoms with E-state index in [9.17, 15) is 9.18 Å². The number of nitrogen functional groups attached to an aromatic ring is 1. The Hall–Kier alpha value is -1.62. The van der Waals surface area contributed by atoms with Crippen molar-refractivity contribution in [2.75, 3.05) is 25.4 Å². The molecule has 0 atom stereocenters. The zero-order valence-corrected chi connectivity index (χ0v) is 11.9. The topological polar surface area (TPSA) is 58.4 Å². The standard InChI is InChI=1S/C15H22FN3O/c1-11(20)18-9-12-2-4-19(5-3-12)10-13-6-14(16)8-15(17)7-13/h6-8,12H,2-5,9-10,17H2,1H3,(H,18,20). The normalized spacial score (nSPS) is 17.1. The highest BCUT2D eigenvalue weighted by Gasteiger charge is 2.19. The van der Waals surface area contributed by atoms with Crippen LogP contribution in [0.4, 0.5) is 10.1 Å². The lowest BCUT2D eigenvalue weighted by molar-refractivity contribution is -0.119. The average molecular weight is 279 g/mol.